The molecule has 2 heterocycles. The summed E-state index contributed by atoms with van der Waals surface area (Å²) >= 11 is 5.92. The number of ether oxygens (including phenoxy) is 1. The van der Waals surface area contributed by atoms with Crippen LogP contribution < -0.4 is 10.1 Å². The van der Waals surface area contributed by atoms with Gasteiger partial charge in [0.05, 0.1) is 5.52 Å². The number of urea groups is 1. The number of anilines is 1. The van der Waals surface area contributed by atoms with Gasteiger partial charge in [0, 0.05) is 35.4 Å². The molecule has 0 aliphatic carbocycles. The quantitative estimate of drug-likeness (QED) is 0.343. The lowest BCUT2D eigenvalue weighted by molar-refractivity contribution is 0.182. The van der Waals surface area contributed by atoms with Crippen LogP contribution in [0.3, 0.4) is 0 Å². The zero-order valence-corrected chi connectivity index (χ0v) is 19.9. The number of para-hydroxylation sites is 2. The lowest BCUT2D eigenvalue weighted by atomic mass is 9.90. The van der Waals surface area contributed by atoms with Gasteiger partial charge in [0.15, 0.2) is 0 Å². The Kier molecular flexibility index (Phi) is 6.73. The Morgan fingerprint density at radius 3 is 2.34 bits per heavy atom. The molecule has 0 bridgehead atoms. The van der Waals surface area contributed by atoms with E-state index in [1.807, 2.05) is 53.6 Å². The second kappa shape index (κ2) is 10.2. The number of halogens is 1. The Morgan fingerprint density at radius 1 is 0.914 bits per heavy atom. The fourth-order valence-corrected chi connectivity index (χ4v) is 4.72. The lowest BCUT2D eigenvalue weighted by Crippen LogP contribution is -2.41. The second-order valence-corrected chi connectivity index (χ2v) is 9.23. The average molecular weight is 488 g/mol. The number of hydrogen-bond donors (Lipinski definition) is 1. The van der Waals surface area contributed by atoms with Crippen LogP contribution in [0.1, 0.15) is 18.4 Å². The first-order valence-corrected chi connectivity index (χ1v) is 12.1. The standard InChI is InChI=1S/C28H26ClN3O3/c29-22-10-12-23(13-11-22)30-27(33)31-16-14-20(15-17-31)18-21-19-32(26-9-5-4-8-25(21)26)28(34)35-24-6-2-1-3-7-24/h1-13,19-20H,14-18H2,(H,30,33). The largest absolute Gasteiger partial charge is 0.423 e. The van der Waals surface area contributed by atoms with Crippen molar-refractivity contribution in [1.82, 2.24) is 9.47 Å². The summed E-state index contributed by atoms with van der Waals surface area (Å²) in [7, 11) is 0. The number of carbonyl (C=O) groups excluding carboxylic acids is 2. The number of carbonyl (C=O) groups is 2. The molecule has 0 unspecified atom stereocenters. The van der Waals surface area contributed by atoms with Crippen LogP contribution in [0.2, 0.25) is 5.02 Å². The van der Waals surface area contributed by atoms with Gasteiger partial charge >= 0.3 is 12.1 Å². The molecule has 178 valence electrons. The summed E-state index contributed by atoms with van der Waals surface area (Å²) in [5.74, 6) is 0.945. The molecule has 6 nitrogen and oxygen atoms in total. The molecular formula is C28H26ClN3O3. The molecule has 1 fully saturated rings. The molecule has 4 aromatic rings. The van der Waals surface area contributed by atoms with Crippen molar-refractivity contribution in [2.75, 3.05) is 18.4 Å². The number of nitrogens with one attached hydrogen (secondary N) is 1. The SMILES string of the molecule is O=C(Nc1ccc(Cl)cc1)N1CCC(Cc2cn(C(=O)Oc3ccccc3)c3ccccc23)CC1. The van der Waals surface area contributed by atoms with Gasteiger partial charge < -0.3 is 15.0 Å². The van der Waals surface area contributed by atoms with Crippen molar-refractivity contribution in [3.05, 3.63) is 95.6 Å². The highest BCUT2D eigenvalue weighted by molar-refractivity contribution is 6.30. The molecule has 1 aromatic heterocycles. The van der Waals surface area contributed by atoms with Crippen molar-refractivity contribution in [2.24, 2.45) is 5.92 Å². The van der Waals surface area contributed by atoms with Crippen molar-refractivity contribution >= 4 is 40.3 Å². The van der Waals surface area contributed by atoms with Crippen LogP contribution in [0, 0.1) is 5.92 Å². The van der Waals surface area contributed by atoms with E-state index in [4.69, 9.17) is 16.3 Å². The van der Waals surface area contributed by atoms with Gasteiger partial charge in [0.2, 0.25) is 0 Å². The number of amides is 2. The van der Waals surface area contributed by atoms with Crippen LogP contribution in [-0.2, 0) is 6.42 Å². The first-order valence-electron chi connectivity index (χ1n) is 11.7. The number of hydrogen-bond acceptors (Lipinski definition) is 3. The summed E-state index contributed by atoms with van der Waals surface area (Å²) in [5, 5.41) is 4.63. The summed E-state index contributed by atoms with van der Waals surface area (Å²) in [5.41, 5.74) is 2.69. The van der Waals surface area contributed by atoms with E-state index in [-0.39, 0.29) is 6.03 Å². The Morgan fingerprint density at radius 2 is 1.60 bits per heavy atom. The molecule has 1 aliphatic rings. The molecule has 3 aromatic carbocycles. The number of benzene rings is 3. The van der Waals surface area contributed by atoms with Crippen molar-refractivity contribution in [1.29, 1.82) is 0 Å². The van der Waals surface area contributed by atoms with Crippen molar-refractivity contribution in [2.45, 2.75) is 19.3 Å². The minimum absolute atomic E-state index is 0.0916. The molecule has 0 radical (unpaired) electrons. The first kappa shape index (κ1) is 23.0. The van der Waals surface area contributed by atoms with Gasteiger partial charge in [0.25, 0.3) is 0 Å². The second-order valence-electron chi connectivity index (χ2n) is 8.79. The maximum Gasteiger partial charge on any atom is 0.423 e. The molecule has 7 heteroatoms. The van der Waals surface area contributed by atoms with Gasteiger partial charge in [-0.05, 0) is 73.2 Å². The van der Waals surface area contributed by atoms with E-state index < -0.39 is 6.09 Å². The highest BCUT2D eigenvalue weighted by Crippen LogP contribution is 2.28. The molecule has 1 N–H and O–H groups in total. The number of fused-ring (bicyclic) bond motifs is 1. The fourth-order valence-electron chi connectivity index (χ4n) is 4.59. The third-order valence-corrected chi connectivity index (χ3v) is 6.70. The summed E-state index contributed by atoms with van der Waals surface area (Å²) in [6.07, 6.45) is 4.13. The van der Waals surface area contributed by atoms with E-state index in [2.05, 4.69) is 5.32 Å². The lowest BCUT2D eigenvalue weighted by Gasteiger charge is -2.32. The Bertz CT molecular complexity index is 1330. The fraction of sp³-hybridized carbons (Fsp3) is 0.214. The minimum atomic E-state index is -0.424. The van der Waals surface area contributed by atoms with Crippen molar-refractivity contribution in [3.63, 3.8) is 0 Å². The van der Waals surface area contributed by atoms with Gasteiger partial charge in [-0.2, -0.15) is 0 Å². The molecular weight excluding hydrogens is 462 g/mol. The van der Waals surface area contributed by atoms with E-state index in [0.29, 0.717) is 29.8 Å². The number of aromatic nitrogens is 1. The van der Waals surface area contributed by atoms with E-state index in [0.717, 1.165) is 41.4 Å². The van der Waals surface area contributed by atoms with Crippen LogP contribution in [0.15, 0.2) is 85.1 Å². The van der Waals surface area contributed by atoms with Crippen LogP contribution in [0.4, 0.5) is 15.3 Å². The molecule has 0 atom stereocenters. The molecule has 0 spiro atoms. The topological polar surface area (TPSA) is 63.6 Å². The predicted molar refractivity (Wildman–Crippen MR) is 138 cm³/mol. The molecule has 1 aliphatic heterocycles. The van der Waals surface area contributed by atoms with Crippen LogP contribution in [0.5, 0.6) is 5.75 Å². The zero-order valence-electron chi connectivity index (χ0n) is 19.2. The Hall–Kier alpha value is -3.77. The van der Waals surface area contributed by atoms with Gasteiger partial charge in [-0.15, -0.1) is 0 Å². The summed E-state index contributed by atoms with van der Waals surface area (Å²) in [6, 6.07) is 24.0. The number of nitrogens with zero attached hydrogens (tertiary/aromatic N) is 2. The van der Waals surface area contributed by atoms with E-state index in [9.17, 15) is 9.59 Å². The number of piperidine rings is 1. The Balaban J connectivity index is 1.24. The summed E-state index contributed by atoms with van der Waals surface area (Å²) in [4.78, 5) is 27.4. The maximum absolute atomic E-state index is 12.9. The zero-order chi connectivity index (χ0) is 24.2. The summed E-state index contributed by atoms with van der Waals surface area (Å²) in [6.45, 7) is 1.39. The van der Waals surface area contributed by atoms with Crippen LogP contribution in [0.25, 0.3) is 10.9 Å². The van der Waals surface area contributed by atoms with Gasteiger partial charge in [-0.25, -0.2) is 9.59 Å². The van der Waals surface area contributed by atoms with Crippen molar-refractivity contribution in [3.8, 4) is 5.75 Å². The maximum atomic E-state index is 12.9. The van der Waals surface area contributed by atoms with Crippen LogP contribution >= 0.6 is 11.6 Å². The van der Waals surface area contributed by atoms with E-state index in [1.54, 1.807) is 41.0 Å². The first-order chi connectivity index (χ1) is 17.1. The molecule has 35 heavy (non-hydrogen) atoms. The minimum Gasteiger partial charge on any atom is -0.410 e. The van der Waals surface area contributed by atoms with Gasteiger partial charge in [-0.3, -0.25) is 4.57 Å². The molecule has 5 rings (SSSR count). The molecule has 1 saturated heterocycles. The monoisotopic (exact) mass is 487 g/mol. The number of rotatable bonds is 4. The van der Waals surface area contributed by atoms with Crippen LogP contribution in [-0.4, -0.2) is 34.7 Å². The Labute approximate surface area is 209 Å². The highest BCUT2D eigenvalue weighted by Gasteiger charge is 2.25. The van der Waals surface area contributed by atoms with E-state index >= 15 is 0 Å². The van der Waals surface area contributed by atoms with Gasteiger partial charge in [-0.1, -0.05) is 48.0 Å². The molecule has 2 amide bonds. The third kappa shape index (κ3) is 5.33. The average Bonchev–Trinajstić information content (AvgIpc) is 3.25. The third-order valence-electron chi connectivity index (χ3n) is 6.45. The highest BCUT2D eigenvalue weighted by atomic mass is 35.5. The smallest absolute Gasteiger partial charge is 0.410 e. The van der Waals surface area contributed by atoms with Gasteiger partial charge in [0.1, 0.15) is 5.75 Å². The molecule has 0 saturated carbocycles. The number of likely N-dealkylation sites (tertiary alicyclic amines) is 1. The van der Waals surface area contributed by atoms with Crippen molar-refractivity contribution < 1.29 is 14.3 Å². The predicted octanol–water partition coefficient (Wildman–Crippen LogP) is 6.83. The van der Waals surface area contributed by atoms with E-state index in [1.165, 1.54) is 0 Å². The summed E-state index contributed by atoms with van der Waals surface area (Å²) < 4.78 is 7.16. The normalized spacial score (nSPS) is 14.1.